The summed E-state index contributed by atoms with van der Waals surface area (Å²) >= 11 is 0. The molecule has 1 saturated heterocycles. The van der Waals surface area contributed by atoms with Gasteiger partial charge in [0.25, 0.3) is 0 Å². The lowest BCUT2D eigenvalue weighted by atomic mass is 10.1. The third-order valence-corrected chi connectivity index (χ3v) is 2.88. The topological polar surface area (TPSA) is 76.3 Å². The van der Waals surface area contributed by atoms with E-state index < -0.39 is 29.5 Å². The molecule has 1 aromatic heterocycles. The van der Waals surface area contributed by atoms with Crippen molar-refractivity contribution >= 4 is 17.6 Å². The smallest absolute Gasteiger partial charge is 0.369 e. The third kappa shape index (κ3) is 2.67. The molecule has 1 aromatic rings. The van der Waals surface area contributed by atoms with E-state index in [1.807, 2.05) is 0 Å². The first-order valence-electron chi connectivity index (χ1n) is 5.42. The number of alkyl halides is 3. The van der Waals surface area contributed by atoms with Crippen LogP contribution in [0.25, 0.3) is 0 Å². The van der Waals surface area contributed by atoms with E-state index >= 15 is 0 Å². The molecule has 1 fully saturated rings. The van der Waals surface area contributed by atoms with Crippen LogP contribution in [0.4, 0.5) is 19.0 Å². The molecule has 1 aliphatic rings. The number of primary amides is 1. The zero-order valence-electron chi connectivity index (χ0n) is 9.65. The molecule has 0 bridgehead atoms. The number of hydrogen-bond donors (Lipinski definition) is 1. The molecule has 19 heavy (non-hydrogen) atoms. The van der Waals surface area contributed by atoms with E-state index in [0.717, 1.165) is 23.2 Å². The van der Waals surface area contributed by atoms with Crippen LogP contribution in [0.5, 0.6) is 0 Å². The van der Waals surface area contributed by atoms with E-state index in [1.54, 1.807) is 0 Å². The molecule has 2 heterocycles. The molecule has 0 aromatic carbocycles. The van der Waals surface area contributed by atoms with Gasteiger partial charge in [-0.15, -0.1) is 0 Å². The van der Waals surface area contributed by atoms with Crippen LogP contribution >= 0.6 is 0 Å². The monoisotopic (exact) mass is 273 g/mol. The van der Waals surface area contributed by atoms with Gasteiger partial charge in [-0.2, -0.15) is 13.2 Å². The van der Waals surface area contributed by atoms with Crippen LogP contribution in [0.15, 0.2) is 18.3 Å². The first-order chi connectivity index (χ1) is 8.79. The van der Waals surface area contributed by atoms with Crippen molar-refractivity contribution in [3.8, 4) is 0 Å². The van der Waals surface area contributed by atoms with Gasteiger partial charge in [0, 0.05) is 19.2 Å². The zero-order valence-corrected chi connectivity index (χ0v) is 9.65. The van der Waals surface area contributed by atoms with Crippen LogP contribution in [0.1, 0.15) is 12.0 Å². The summed E-state index contributed by atoms with van der Waals surface area (Å²) in [5.41, 5.74) is 4.19. The Labute approximate surface area is 106 Å². The molecule has 8 heteroatoms. The van der Waals surface area contributed by atoms with Gasteiger partial charge in [-0.3, -0.25) is 14.5 Å². The van der Waals surface area contributed by atoms with Gasteiger partial charge in [-0.05, 0) is 12.1 Å². The Morgan fingerprint density at radius 3 is 2.68 bits per heavy atom. The van der Waals surface area contributed by atoms with E-state index in [0.29, 0.717) is 0 Å². The van der Waals surface area contributed by atoms with Gasteiger partial charge in [-0.25, -0.2) is 4.98 Å². The lowest BCUT2D eigenvalue weighted by Crippen LogP contribution is -2.29. The second kappa shape index (κ2) is 4.52. The van der Waals surface area contributed by atoms with Crippen molar-refractivity contribution in [2.45, 2.75) is 12.6 Å². The summed E-state index contributed by atoms with van der Waals surface area (Å²) in [7, 11) is 0. The summed E-state index contributed by atoms with van der Waals surface area (Å²) in [6.45, 7) is -0.0392. The van der Waals surface area contributed by atoms with Crippen molar-refractivity contribution in [3.63, 3.8) is 0 Å². The summed E-state index contributed by atoms with van der Waals surface area (Å²) in [6.07, 6.45) is -3.64. The van der Waals surface area contributed by atoms with Crippen LogP contribution in [0, 0.1) is 5.92 Å². The maximum absolute atomic E-state index is 12.6. The zero-order chi connectivity index (χ0) is 14.2. The number of rotatable bonds is 2. The Morgan fingerprint density at radius 1 is 1.47 bits per heavy atom. The fraction of sp³-hybridized carbons (Fsp3) is 0.364. The summed E-state index contributed by atoms with van der Waals surface area (Å²) < 4.78 is 37.7. The maximum Gasteiger partial charge on any atom is 0.416 e. The quantitative estimate of drug-likeness (QED) is 0.871. The van der Waals surface area contributed by atoms with Gasteiger partial charge < -0.3 is 5.73 Å². The molecule has 102 valence electrons. The van der Waals surface area contributed by atoms with E-state index in [1.165, 1.54) is 0 Å². The number of hydrogen-bond acceptors (Lipinski definition) is 3. The average Bonchev–Trinajstić information content (AvgIpc) is 2.71. The number of halogens is 3. The highest BCUT2D eigenvalue weighted by Crippen LogP contribution is 2.32. The first kappa shape index (κ1) is 13.3. The molecule has 1 atom stereocenters. The molecule has 1 unspecified atom stereocenters. The molecule has 0 saturated carbocycles. The Morgan fingerprint density at radius 2 is 2.16 bits per heavy atom. The number of anilines is 1. The molecule has 2 rings (SSSR count). The summed E-state index contributed by atoms with van der Waals surface area (Å²) in [4.78, 5) is 27.4. The van der Waals surface area contributed by atoms with E-state index in [-0.39, 0.29) is 18.8 Å². The first-order valence-corrected chi connectivity index (χ1v) is 5.42. The van der Waals surface area contributed by atoms with Gasteiger partial charge in [0.05, 0.1) is 11.5 Å². The van der Waals surface area contributed by atoms with Crippen molar-refractivity contribution in [2.24, 2.45) is 11.7 Å². The number of nitrogens with zero attached hydrogens (tertiary/aromatic N) is 2. The van der Waals surface area contributed by atoms with Crippen LogP contribution in [-0.4, -0.2) is 23.3 Å². The minimum absolute atomic E-state index is 0.0392. The average molecular weight is 273 g/mol. The molecular weight excluding hydrogens is 263 g/mol. The Balaban J connectivity index is 2.28. The number of pyridine rings is 1. The highest BCUT2D eigenvalue weighted by Gasteiger charge is 2.36. The second-order valence-electron chi connectivity index (χ2n) is 4.21. The largest absolute Gasteiger partial charge is 0.416 e. The molecule has 2 amide bonds. The van der Waals surface area contributed by atoms with E-state index in [9.17, 15) is 22.8 Å². The van der Waals surface area contributed by atoms with Crippen molar-refractivity contribution in [3.05, 3.63) is 23.9 Å². The minimum Gasteiger partial charge on any atom is -0.369 e. The molecule has 1 aliphatic heterocycles. The Bertz CT molecular complexity index is 530. The maximum atomic E-state index is 12.6. The van der Waals surface area contributed by atoms with Gasteiger partial charge in [0.2, 0.25) is 11.8 Å². The molecule has 2 N–H and O–H groups in total. The molecule has 0 radical (unpaired) electrons. The van der Waals surface area contributed by atoms with E-state index in [2.05, 4.69) is 4.98 Å². The fourth-order valence-corrected chi connectivity index (χ4v) is 1.86. The number of amides is 2. The number of nitrogens with two attached hydrogens (primary N) is 1. The highest BCUT2D eigenvalue weighted by molar-refractivity contribution is 5.99. The summed E-state index contributed by atoms with van der Waals surface area (Å²) in [5, 5.41) is 0. The predicted octanol–water partition coefficient (Wildman–Crippen LogP) is 0.939. The molecular formula is C11H10F3N3O2. The second-order valence-corrected chi connectivity index (χ2v) is 4.21. The Hall–Kier alpha value is -2.12. The Kier molecular flexibility index (Phi) is 3.17. The number of carbonyl (C=O) groups excluding carboxylic acids is 2. The highest BCUT2D eigenvalue weighted by atomic mass is 19.4. The van der Waals surface area contributed by atoms with Crippen LogP contribution in [-0.2, 0) is 15.8 Å². The predicted molar refractivity (Wildman–Crippen MR) is 58.9 cm³/mol. The number of carbonyl (C=O) groups is 2. The molecule has 0 aliphatic carbocycles. The lowest BCUT2D eigenvalue weighted by Gasteiger charge is -2.16. The number of aromatic nitrogens is 1. The molecule has 5 nitrogen and oxygen atoms in total. The van der Waals surface area contributed by atoms with Crippen molar-refractivity contribution < 1.29 is 22.8 Å². The third-order valence-electron chi connectivity index (χ3n) is 2.88. The van der Waals surface area contributed by atoms with Crippen LogP contribution < -0.4 is 10.6 Å². The van der Waals surface area contributed by atoms with Gasteiger partial charge in [-0.1, -0.05) is 0 Å². The summed E-state index contributed by atoms with van der Waals surface area (Å²) in [6, 6.07) is 1.59. The lowest BCUT2D eigenvalue weighted by molar-refractivity contribution is -0.137. The van der Waals surface area contributed by atoms with E-state index in [4.69, 9.17) is 5.73 Å². The van der Waals surface area contributed by atoms with Gasteiger partial charge in [0.1, 0.15) is 5.82 Å². The molecule has 0 spiro atoms. The normalized spacial score (nSPS) is 19.8. The van der Waals surface area contributed by atoms with Crippen molar-refractivity contribution in [2.75, 3.05) is 11.4 Å². The van der Waals surface area contributed by atoms with Crippen LogP contribution in [0.3, 0.4) is 0 Å². The van der Waals surface area contributed by atoms with Crippen LogP contribution in [0.2, 0.25) is 0 Å². The standard InChI is InChI=1S/C11H10F3N3O2/c12-11(13,14)7-1-2-16-8(4-7)17-5-6(10(15)19)3-9(17)18/h1-2,4,6H,3,5H2,(H2,15,19). The SMILES string of the molecule is NC(=O)C1CC(=O)N(c2cc(C(F)(F)F)ccn2)C1. The summed E-state index contributed by atoms with van der Waals surface area (Å²) in [5.74, 6) is -1.93. The van der Waals surface area contributed by atoms with Crippen molar-refractivity contribution in [1.82, 2.24) is 4.98 Å². The fourth-order valence-electron chi connectivity index (χ4n) is 1.86. The van der Waals surface area contributed by atoms with Crippen molar-refractivity contribution in [1.29, 1.82) is 0 Å². The van der Waals surface area contributed by atoms with Gasteiger partial charge in [0.15, 0.2) is 0 Å². The van der Waals surface area contributed by atoms with Gasteiger partial charge >= 0.3 is 6.18 Å². The minimum atomic E-state index is -4.51.